The lowest BCUT2D eigenvalue weighted by Gasteiger charge is -2.67. The summed E-state index contributed by atoms with van der Waals surface area (Å²) in [5.41, 5.74) is 0.218. The van der Waals surface area contributed by atoms with E-state index in [0.29, 0.717) is 68.1 Å². The second kappa shape index (κ2) is 12.8. The molecular weight excluding hydrogens is 368 g/mol. The van der Waals surface area contributed by atoms with Crippen molar-refractivity contribution < 1.29 is 0 Å². The molecule has 0 N–H and O–H groups in total. The van der Waals surface area contributed by atoms with Crippen LogP contribution in [0.5, 0.6) is 0 Å². The highest BCUT2D eigenvalue weighted by Crippen LogP contribution is 2.39. The van der Waals surface area contributed by atoms with Crippen molar-refractivity contribution in [2.75, 3.05) is 0 Å². The minimum absolute atomic E-state index is 0.218. The van der Waals surface area contributed by atoms with Gasteiger partial charge in [-0.1, -0.05) is 20.8 Å². The molecule has 1 rings (SSSR count). The van der Waals surface area contributed by atoms with Gasteiger partial charge >= 0.3 is 0 Å². The summed E-state index contributed by atoms with van der Waals surface area (Å²) in [5.74, 6) is 2.45. The standard InChI is InChI=1S/C13H45B17N2/c1-7(2)13(6,23-14)32-9(5)10(26(17)24-15)31(8(3)4)11(27(18)29(19)20)12(32)28(25-16)30(21)22/h7-12,23-25H,14-22H2,1-6H3. The third-order valence-electron chi connectivity index (χ3n) is 10.0. The van der Waals surface area contributed by atoms with Gasteiger partial charge in [-0.05, 0) is 50.0 Å². The fourth-order valence-corrected chi connectivity index (χ4v) is 7.16. The van der Waals surface area contributed by atoms with Crippen LogP contribution in [0, 0.1) is 5.92 Å². The Morgan fingerprint density at radius 1 is 0.812 bits per heavy atom. The highest BCUT2D eigenvalue weighted by molar-refractivity contribution is 7.73. The van der Waals surface area contributed by atoms with Crippen molar-refractivity contribution in [1.82, 2.24) is 9.80 Å². The Balaban J connectivity index is 3.97. The fraction of sp³-hybridized carbons (Fsp3) is 1.00. The fourth-order valence-electron chi connectivity index (χ4n) is 7.16. The Morgan fingerprint density at radius 2 is 1.34 bits per heavy atom. The summed E-state index contributed by atoms with van der Waals surface area (Å²) in [4.78, 5) is 6.12. The van der Waals surface area contributed by atoms with Crippen LogP contribution in [-0.4, -0.2) is 168 Å². The van der Waals surface area contributed by atoms with Crippen LogP contribution in [0.3, 0.4) is 0 Å². The lowest BCUT2D eigenvalue weighted by Crippen LogP contribution is -2.85. The zero-order chi connectivity index (χ0) is 25.1. The molecule has 32 heavy (non-hydrogen) atoms. The molecule has 0 bridgehead atoms. The molecule has 19 heteroatoms. The molecule has 0 aromatic carbocycles. The van der Waals surface area contributed by atoms with E-state index >= 15 is 0 Å². The smallest absolute Gasteiger partial charge is 0.108 e. The molecule has 5 atom stereocenters. The molecule has 0 spiro atoms. The van der Waals surface area contributed by atoms with Gasteiger partial charge in [-0.3, -0.25) is 0 Å². The largest absolute Gasteiger partial charge is 0.310 e. The van der Waals surface area contributed by atoms with Crippen LogP contribution in [0.4, 0.5) is 0 Å². The molecule has 0 saturated carbocycles. The van der Waals surface area contributed by atoms with E-state index in [2.05, 4.69) is 121 Å². The molecule has 0 aromatic heterocycles. The zero-order valence-corrected chi connectivity index (χ0v) is 24.9. The molecule has 0 aromatic rings. The third kappa shape index (κ3) is 6.04. The summed E-state index contributed by atoms with van der Waals surface area (Å²) in [6, 6.07) is 1.14. The van der Waals surface area contributed by atoms with Crippen LogP contribution < -0.4 is 0 Å². The molecular formula is C13H45B17N2. The molecule has 0 amide bonds. The van der Waals surface area contributed by atoms with Crippen LogP contribution in [-0.2, 0) is 0 Å². The Bertz CT molecular complexity index is 569. The molecule has 0 aliphatic carbocycles. The highest BCUT2D eigenvalue weighted by Gasteiger charge is 2.56. The van der Waals surface area contributed by atoms with Gasteiger partial charge in [-0.25, -0.2) is 0 Å². The van der Waals surface area contributed by atoms with Gasteiger partial charge in [0, 0.05) is 39.0 Å². The van der Waals surface area contributed by atoms with Gasteiger partial charge in [0.15, 0.2) is 0 Å². The first-order chi connectivity index (χ1) is 14.7. The van der Waals surface area contributed by atoms with E-state index < -0.39 is 0 Å². The van der Waals surface area contributed by atoms with Crippen molar-refractivity contribution in [3.8, 4) is 0 Å². The van der Waals surface area contributed by atoms with E-state index in [0.717, 1.165) is 0 Å². The van der Waals surface area contributed by atoms with E-state index in [4.69, 9.17) is 0 Å². The molecule has 1 aliphatic rings. The molecule has 5 unspecified atom stereocenters. The Morgan fingerprint density at radius 3 is 1.66 bits per heavy atom. The monoisotopic (exact) mass is 417 g/mol. The SMILES string of the molecule is BBB(B)C1C(C)N(C(C)(BB)C(C)C)C(B(BB)B(B)B)C(B(B)B(B)B)N1C(C)C. The first kappa shape index (κ1) is 31.1. The zero-order valence-electron chi connectivity index (χ0n) is 24.9. The summed E-state index contributed by atoms with van der Waals surface area (Å²) in [6.07, 6.45) is 1.39. The van der Waals surface area contributed by atoms with Crippen molar-refractivity contribution >= 4 is 123 Å². The van der Waals surface area contributed by atoms with E-state index in [1.54, 1.807) is 0 Å². The molecule has 1 fully saturated rings. The van der Waals surface area contributed by atoms with Crippen molar-refractivity contribution in [1.29, 1.82) is 0 Å². The maximum atomic E-state index is 3.10. The average Bonchev–Trinajstić information content (AvgIpc) is 2.71. The summed E-state index contributed by atoms with van der Waals surface area (Å²) in [5, 5.41) is 0. The lowest BCUT2D eigenvalue weighted by molar-refractivity contribution is -0.0380. The van der Waals surface area contributed by atoms with E-state index in [1.165, 1.54) is 21.3 Å². The van der Waals surface area contributed by atoms with E-state index in [1.807, 2.05) is 0 Å². The summed E-state index contributed by atoms with van der Waals surface area (Å²) in [6.45, 7) is 17.1. The van der Waals surface area contributed by atoms with Crippen LogP contribution in [0.1, 0.15) is 41.5 Å². The Labute approximate surface area is 215 Å². The first-order valence-electron chi connectivity index (χ1n) is 14.3. The van der Waals surface area contributed by atoms with Gasteiger partial charge in [0.05, 0.1) is 89.1 Å². The molecule has 0 radical (unpaired) electrons. The number of rotatable bonds is 11. The number of hydrogen-bond acceptors (Lipinski definition) is 2. The van der Waals surface area contributed by atoms with Gasteiger partial charge in [0.1, 0.15) is 7.17 Å². The highest BCUT2D eigenvalue weighted by atomic mass is 15.4. The van der Waals surface area contributed by atoms with Gasteiger partial charge in [-0.2, -0.15) is 0 Å². The molecule has 1 aliphatic heterocycles. The second-order valence-electron chi connectivity index (χ2n) is 12.8. The van der Waals surface area contributed by atoms with Gasteiger partial charge in [0.2, 0.25) is 0 Å². The normalized spacial score (nSPS) is 26.2. The van der Waals surface area contributed by atoms with Crippen LogP contribution in [0.25, 0.3) is 0 Å². The Kier molecular flexibility index (Phi) is 12.4. The van der Waals surface area contributed by atoms with Gasteiger partial charge in [-0.15, -0.1) is 0 Å². The van der Waals surface area contributed by atoms with E-state index in [-0.39, 0.29) is 5.44 Å². The lowest BCUT2D eigenvalue weighted by atomic mass is 8.77. The van der Waals surface area contributed by atoms with Crippen molar-refractivity contribution in [3.63, 3.8) is 0 Å². The first-order valence-corrected chi connectivity index (χ1v) is 14.3. The minimum atomic E-state index is 0.218. The predicted octanol–water partition coefficient (Wildman–Crippen LogP) is -10.1. The Hall–Kier alpha value is 1.02. The maximum absolute atomic E-state index is 3.10. The van der Waals surface area contributed by atoms with Crippen LogP contribution in [0.15, 0.2) is 0 Å². The summed E-state index contributed by atoms with van der Waals surface area (Å²) >= 11 is 0. The average molecular weight is 413 g/mol. The molecule has 158 valence electrons. The van der Waals surface area contributed by atoms with Crippen LogP contribution >= 0.6 is 0 Å². The summed E-state index contributed by atoms with van der Waals surface area (Å²) < 4.78 is 0. The van der Waals surface area contributed by atoms with Crippen molar-refractivity contribution in [3.05, 3.63) is 0 Å². The molecule has 1 heterocycles. The maximum Gasteiger partial charge on any atom is 0.108 e. The number of piperazine rings is 1. The number of nitrogens with zero attached hydrogens (tertiary/aromatic N) is 2. The van der Waals surface area contributed by atoms with Crippen molar-refractivity contribution in [2.24, 2.45) is 5.92 Å². The number of hydrogen-bond donors (Lipinski definition) is 0. The third-order valence-corrected chi connectivity index (χ3v) is 10.0. The summed E-state index contributed by atoms with van der Waals surface area (Å²) in [7, 11) is 26.0. The van der Waals surface area contributed by atoms with E-state index in [9.17, 15) is 0 Å². The molecule has 1 saturated heterocycles. The topological polar surface area (TPSA) is 6.48 Å². The molecule has 2 nitrogen and oxygen atoms in total. The van der Waals surface area contributed by atoms with Crippen LogP contribution in [0.2, 0.25) is 0 Å². The van der Waals surface area contributed by atoms with Gasteiger partial charge < -0.3 is 9.80 Å². The van der Waals surface area contributed by atoms with Crippen molar-refractivity contribution in [2.45, 2.75) is 76.9 Å². The van der Waals surface area contributed by atoms with Gasteiger partial charge in [0.25, 0.3) is 0 Å². The predicted molar refractivity (Wildman–Crippen MR) is 190 cm³/mol. The second-order valence-corrected chi connectivity index (χ2v) is 12.8. The quantitative estimate of drug-likeness (QED) is 0.311. The minimum Gasteiger partial charge on any atom is -0.310 e.